The lowest BCUT2D eigenvalue weighted by Crippen LogP contribution is -2.32. The highest BCUT2D eigenvalue weighted by molar-refractivity contribution is 7.89. The number of methoxy groups -OCH3 is 1. The van der Waals surface area contributed by atoms with E-state index in [1.807, 2.05) is 30.3 Å². The van der Waals surface area contributed by atoms with Crippen molar-refractivity contribution in [3.05, 3.63) is 89.0 Å². The Morgan fingerprint density at radius 2 is 1.84 bits per heavy atom. The first-order chi connectivity index (χ1) is 15.5. The second-order valence-electron chi connectivity index (χ2n) is 7.73. The molecule has 0 unspecified atom stereocenters. The third-order valence-electron chi connectivity index (χ3n) is 5.54. The number of benzene rings is 3. The van der Waals surface area contributed by atoms with Crippen molar-refractivity contribution in [3.8, 4) is 11.5 Å². The largest absolute Gasteiger partial charge is 0.497 e. The molecule has 0 aliphatic carbocycles. The third-order valence-corrected chi connectivity index (χ3v) is 7.38. The van der Waals surface area contributed by atoms with Crippen LogP contribution in [-0.2, 0) is 34.5 Å². The summed E-state index contributed by atoms with van der Waals surface area (Å²) in [6.07, 6.45) is 0. The van der Waals surface area contributed by atoms with Crippen molar-refractivity contribution in [1.29, 1.82) is 0 Å². The molecule has 1 heterocycles. The van der Waals surface area contributed by atoms with Gasteiger partial charge in [-0.1, -0.05) is 36.4 Å². The molecular weight excluding hydrogens is 426 g/mol. The molecule has 32 heavy (non-hydrogen) atoms. The standard InChI is InChI=1S/C25H27NO5S/c1-19-6-3-4-7-21(19)18-30-17-20-10-11-25-22(14-20)16-26(12-13-31-25)32(27,28)24-9-5-8-23(15-24)29-2/h3-11,14-15H,12-13,16-18H2,1-2H3. The maximum absolute atomic E-state index is 13.3. The highest BCUT2D eigenvalue weighted by Crippen LogP contribution is 2.29. The van der Waals surface area contributed by atoms with Gasteiger partial charge in [0.15, 0.2) is 0 Å². The zero-order valence-electron chi connectivity index (χ0n) is 18.3. The number of fused-ring (bicyclic) bond motifs is 1. The van der Waals surface area contributed by atoms with Gasteiger partial charge in [0, 0.05) is 24.7 Å². The summed E-state index contributed by atoms with van der Waals surface area (Å²) in [5.41, 5.74) is 4.15. The highest BCUT2D eigenvalue weighted by Gasteiger charge is 2.28. The Bertz CT molecular complexity index is 1190. The molecule has 0 spiro atoms. The summed E-state index contributed by atoms with van der Waals surface area (Å²) in [7, 11) is -2.17. The summed E-state index contributed by atoms with van der Waals surface area (Å²) in [5, 5.41) is 0. The number of rotatable bonds is 7. The van der Waals surface area contributed by atoms with Crippen LogP contribution in [0.1, 0.15) is 22.3 Å². The maximum Gasteiger partial charge on any atom is 0.243 e. The molecular formula is C25H27NO5S. The van der Waals surface area contributed by atoms with E-state index in [2.05, 4.69) is 19.1 Å². The lowest BCUT2D eigenvalue weighted by Gasteiger charge is -2.20. The summed E-state index contributed by atoms with van der Waals surface area (Å²) in [4.78, 5) is 0.206. The zero-order chi connectivity index (χ0) is 22.6. The van der Waals surface area contributed by atoms with Crippen LogP contribution in [0.4, 0.5) is 0 Å². The summed E-state index contributed by atoms with van der Waals surface area (Å²) in [5.74, 6) is 1.21. The average Bonchev–Trinajstić information content (AvgIpc) is 3.03. The van der Waals surface area contributed by atoms with Gasteiger partial charge in [0.2, 0.25) is 10.0 Å². The Kier molecular flexibility index (Phi) is 6.79. The van der Waals surface area contributed by atoms with Crippen molar-refractivity contribution in [2.45, 2.75) is 31.6 Å². The molecule has 0 radical (unpaired) electrons. The van der Waals surface area contributed by atoms with E-state index < -0.39 is 10.0 Å². The number of ether oxygens (including phenoxy) is 3. The van der Waals surface area contributed by atoms with Gasteiger partial charge in [-0.3, -0.25) is 0 Å². The minimum Gasteiger partial charge on any atom is -0.497 e. The first-order valence-electron chi connectivity index (χ1n) is 10.5. The van der Waals surface area contributed by atoms with E-state index in [-0.39, 0.29) is 18.0 Å². The van der Waals surface area contributed by atoms with E-state index in [1.165, 1.54) is 23.0 Å². The molecule has 1 aliphatic rings. The van der Waals surface area contributed by atoms with E-state index in [0.29, 0.717) is 31.3 Å². The van der Waals surface area contributed by atoms with Crippen LogP contribution in [0, 0.1) is 6.92 Å². The number of aryl methyl sites for hydroxylation is 1. The van der Waals surface area contributed by atoms with Crippen molar-refractivity contribution in [3.63, 3.8) is 0 Å². The van der Waals surface area contributed by atoms with Crippen molar-refractivity contribution in [2.75, 3.05) is 20.3 Å². The molecule has 0 N–H and O–H groups in total. The molecule has 0 amide bonds. The van der Waals surface area contributed by atoms with Gasteiger partial charge < -0.3 is 14.2 Å². The summed E-state index contributed by atoms with van der Waals surface area (Å²) >= 11 is 0. The lowest BCUT2D eigenvalue weighted by atomic mass is 10.1. The Labute approximate surface area is 189 Å². The van der Waals surface area contributed by atoms with Crippen LogP contribution in [0.2, 0.25) is 0 Å². The second kappa shape index (κ2) is 9.73. The SMILES string of the molecule is COc1cccc(S(=O)(=O)N2CCOc3ccc(COCc4ccccc4C)cc3C2)c1. The average molecular weight is 454 g/mol. The maximum atomic E-state index is 13.3. The van der Waals surface area contributed by atoms with Crippen molar-refractivity contribution in [1.82, 2.24) is 4.31 Å². The predicted octanol–water partition coefficient (Wildman–Crippen LogP) is 4.30. The molecule has 3 aromatic carbocycles. The number of sulfonamides is 1. The molecule has 3 aromatic rings. The molecule has 4 rings (SSSR count). The summed E-state index contributed by atoms with van der Waals surface area (Å²) < 4.78 is 44.9. The second-order valence-corrected chi connectivity index (χ2v) is 9.67. The molecule has 0 fully saturated rings. The van der Waals surface area contributed by atoms with Crippen LogP contribution < -0.4 is 9.47 Å². The normalized spacial score (nSPS) is 14.3. The van der Waals surface area contributed by atoms with Crippen LogP contribution in [0.15, 0.2) is 71.6 Å². The van der Waals surface area contributed by atoms with Crippen LogP contribution in [-0.4, -0.2) is 33.0 Å². The van der Waals surface area contributed by atoms with Gasteiger partial charge in [0.05, 0.1) is 25.2 Å². The molecule has 0 aromatic heterocycles. The molecule has 0 saturated carbocycles. The Morgan fingerprint density at radius 1 is 1.00 bits per heavy atom. The Hall–Kier alpha value is -2.87. The smallest absolute Gasteiger partial charge is 0.243 e. The van der Waals surface area contributed by atoms with E-state index in [9.17, 15) is 8.42 Å². The van der Waals surface area contributed by atoms with Crippen LogP contribution >= 0.6 is 0 Å². The van der Waals surface area contributed by atoms with Crippen molar-refractivity contribution >= 4 is 10.0 Å². The van der Waals surface area contributed by atoms with Crippen molar-refractivity contribution in [2.24, 2.45) is 0 Å². The fourth-order valence-corrected chi connectivity index (χ4v) is 5.12. The molecule has 6 nitrogen and oxygen atoms in total. The molecule has 0 bridgehead atoms. The number of hydrogen-bond acceptors (Lipinski definition) is 5. The van der Waals surface area contributed by atoms with E-state index in [0.717, 1.165) is 16.7 Å². The quantitative estimate of drug-likeness (QED) is 0.534. The minimum atomic E-state index is -3.69. The summed E-state index contributed by atoms with van der Waals surface area (Å²) in [6, 6.07) is 20.5. The van der Waals surface area contributed by atoms with E-state index in [1.54, 1.807) is 18.2 Å². The molecule has 0 saturated heterocycles. The molecule has 168 valence electrons. The zero-order valence-corrected chi connectivity index (χ0v) is 19.1. The van der Waals surface area contributed by atoms with Crippen LogP contribution in [0.25, 0.3) is 0 Å². The van der Waals surface area contributed by atoms with E-state index in [4.69, 9.17) is 14.2 Å². The Morgan fingerprint density at radius 3 is 2.66 bits per heavy atom. The molecule has 0 atom stereocenters. The Balaban J connectivity index is 1.50. The van der Waals surface area contributed by atoms with Crippen LogP contribution in [0.5, 0.6) is 11.5 Å². The predicted molar refractivity (Wildman–Crippen MR) is 122 cm³/mol. The minimum absolute atomic E-state index is 0.206. The first kappa shape index (κ1) is 22.3. The third kappa shape index (κ3) is 4.96. The molecule has 7 heteroatoms. The van der Waals surface area contributed by atoms with Crippen LogP contribution in [0.3, 0.4) is 0 Å². The monoisotopic (exact) mass is 453 g/mol. The van der Waals surface area contributed by atoms with Gasteiger partial charge in [-0.05, 0) is 47.9 Å². The topological polar surface area (TPSA) is 65.1 Å². The van der Waals surface area contributed by atoms with Gasteiger partial charge >= 0.3 is 0 Å². The summed E-state index contributed by atoms with van der Waals surface area (Å²) in [6.45, 7) is 3.82. The highest BCUT2D eigenvalue weighted by atomic mass is 32.2. The molecule has 1 aliphatic heterocycles. The lowest BCUT2D eigenvalue weighted by molar-refractivity contribution is 0.106. The van der Waals surface area contributed by atoms with Gasteiger partial charge in [-0.25, -0.2) is 8.42 Å². The van der Waals surface area contributed by atoms with Gasteiger partial charge in [-0.15, -0.1) is 0 Å². The van der Waals surface area contributed by atoms with Gasteiger partial charge in [0.25, 0.3) is 0 Å². The van der Waals surface area contributed by atoms with E-state index >= 15 is 0 Å². The van der Waals surface area contributed by atoms with Crippen molar-refractivity contribution < 1.29 is 22.6 Å². The van der Waals surface area contributed by atoms with Gasteiger partial charge in [0.1, 0.15) is 18.1 Å². The number of hydrogen-bond donors (Lipinski definition) is 0. The number of nitrogens with zero attached hydrogens (tertiary/aromatic N) is 1. The first-order valence-corrected chi connectivity index (χ1v) is 11.9. The fourth-order valence-electron chi connectivity index (χ4n) is 3.68. The van der Waals surface area contributed by atoms with Gasteiger partial charge in [-0.2, -0.15) is 4.31 Å². The fraction of sp³-hybridized carbons (Fsp3) is 0.280.